The van der Waals surface area contributed by atoms with Crippen molar-refractivity contribution in [2.45, 2.75) is 48.8 Å². The van der Waals surface area contributed by atoms with Crippen LogP contribution in [0.4, 0.5) is 0 Å². The van der Waals surface area contributed by atoms with Crippen molar-refractivity contribution in [2.24, 2.45) is 4.99 Å². The Kier molecular flexibility index (Phi) is 6.84. The van der Waals surface area contributed by atoms with E-state index < -0.39 is 0 Å². The highest BCUT2D eigenvalue weighted by Gasteiger charge is 2.10. The van der Waals surface area contributed by atoms with Gasteiger partial charge in [-0.2, -0.15) is 4.99 Å². The van der Waals surface area contributed by atoms with E-state index in [9.17, 15) is 4.79 Å². The fourth-order valence-corrected chi connectivity index (χ4v) is 5.34. The Morgan fingerprint density at radius 3 is 2.70 bits per heavy atom. The SMILES string of the molecule is CCCn1c(=NC(=O)c2cccc(SC(C)C)c2)sc2cc(SC)ccc21. The molecule has 1 amide bonds. The predicted molar refractivity (Wildman–Crippen MR) is 119 cm³/mol. The number of hydrogen-bond acceptors (Lipinski definition) is 4. The van der Waals surface area contributed by atoms with Crippen LogP contribution in [0.5, 0.6) is 0 Å². The van der Waals surface area contributed by atoms with Gasteiger partial charge in [0, 0.05) is 27.1 Å². The maximum absolute atomic E-state index is 12.8. The fourth-order valence-electron chi connectivity index (χ4n) is 2.83. The van der Waals surface area contributed by atoms with Crippen molar-refractivity contribution in [2.75, 3.05) is 6.26 Å². The summed E-state index contributed by atoms with van der Waals surface area (Å²) in [6.07, 6.45) is 3.07. The molecule has 0 aliphatic heterocycles. The van der Waals surface area contributed by atoms with E-state index in [1.807, 2.05) is 24.3 Å². The van der Waals surface area contributed by atoms with Gasteiger partial charge in [0.2, 0.25) is 0 Å². The minimum Gasteiger partial charge on any atom is -0.316 e. The van der Waals surface area contributed by atoms with E-state index in [0.717, 1.165) is 28.2 Å². The molecule has 0 N–H and O–H groups in total. The quantitative estimate of drug-likeness (QED) is 0.457. The number of carbonyl (C=O) groups excluding carboxylic acids is 1. The topological polar surface area (TPSA) is 34.4 Å². The largest absolute Gasteiger partial charge is 0.316 e. The third kappa shape index (κ3) is 4.86. The number of benzene rings is 2. The Balaban J connectivity index is 2.04. The van der Waals surface area contributed by atoms with Crippen LogP contribution in [-0.4, -0.2) is 22.0 Å². The molecule has 6 heteroatoms. The van der Waals surface area contributed by atoms with Crippen LogP contribution in [-0.2, 0) is 6.54 Å². The Labute approximate surface area is 172 Å². The molecule has 0 bridgehead atoms. The van der Waals surface area contributed by atoms with Crippen molar-refractivity contribution >= 4 is 51.0 Å². The van der Waals surface area contributed by atoms with Crippen LogP contribution in [0, 0.1) is 0 Å². The second-order valence-electron chi connectivity index (χ2n) is 6.48. The van der Waals surface area contributed by atoms with Crippen molar-refractivity contribution < 1.29 is 4.79 Å². The number of aromatic nitrogens is 1. The Morgan fingerprint density at radius 1 is 1.19 bits per heavy atom. The van der Waals surface area contributed by atoms with E-state index in [1.165, 1.54) is 9.60 Å². The lowest BCUT2D eigenvalue weighted by Gasteiger charge is -2.05. The van der Waals surface area contributed by atoms with Gasteiger partial charge in [-0.25, -0.2) is 0 Å². The maximum atomic E-state index is 12.8. The normalized spacial score (nSPS) is 12.3. The number of thiazole rings is 1. The molecule has 0 fully saturated rings. The lowest BCUT2D eigenvalue weighted by Crippen LogP contribution is -2.16. The van der Waals surface area contributed by atoms with Crippen molar-refractivity contribution in [3.63, 3.8) is 0 Å². The number of rotatable bonds is 6. The van der Waals surface area contributed by atoms with Crippen molar-refractivity contribution in [1.82, 2.24) is 4.57 Å². The van der Waals surface area contributed by atoms with Gasteiger partial charge < -0.3 is 4.57 Å². The zero-order chi connectivity index (χ0) is 19.4. The first-order chi connectivity index (χ1) is 13.0. The molecule has 2 aromatic carbocycles. The number of carbonyl (C=O) groups is 1. The summed E-state index contributed by atoms with van der Waals surface area (Å²) in [5.74, 6) is -0.178. The molecule has 3 rings (SSSR count). The van der Waals surface area contributed by atoms with E-state index in [2.05, 4.69) is 54.8 Å². The molecule has 0 radical (unpaired) electrons. The predicted octanol–water partition coefficient (Wildman–Crippen LogP) is 6.08. The second kappa shape index (κ2) is 9.13. The molecule has 0 atom stereocenters. The number of amides is 1. The molecule has 27 heavy (non-hydrogen) atoms. The number of nitrogens with zero attached hydrogens (tertiary/aromatic N) is 2. The second-order valence-corrected chi connectivity index (χ2v) is 10.0. The Morgan fingerprint density at radius 2 is 2.00 bits per heavy atom. The van der Waals surface area contributed by atoms with Crippen LogP contribution >= 0.6 is 34.9 Å². The number of fused-ring (bicyclic) bond motifs is 1. The van der Waals surface area contributed by atoms with E-state index in [1.54, 1.807) is 34.9 Å². The molecule has 0 spiro atoms. The molecule has 0 saturated heterocycles. The van der Waals surface area contributed by atoms with Gasteiger partial charge in [-0.1, -0.05) is 38.2 Å². The van der Waals surface area contributed by atoms with Gasteiger partial charge in [0.1, 0.15) is 0 Å². The molecule has 3 aromatic rings. The van der Waals surface area contributed by atoms with Gasteiger partial charge >= 0.3 is 0 Å². The summed E-state index contributed by atoms with van der Waals surface area (Å²) in [5.41, 5.74) is 1.79. The number of aryl methyl sites for hydroxylation is 1. The number of hydrogen-bond donors (Lipinski definition) is 0. The highest BCUT2D eigenvalue weighted by molar-refractivity contribution is 8.00. The minimum absolute atomic E-state index is 0.178. The van der Waals surface area contributed by atoms with Gasteiger partial charge in [-0.15, -0.1) is 23.5 Å². The summed E-state index contributed by atoms with van der Waals surface area (Å²) in [6, 6.07) is 14.2. The van der Waals surface area contributed by atoms with Crippen molar-refractivity contribution in [3.05, 3.63) is 52.8 Å². The van der Waals surface area contributed by atoms with Crippen LogP contribution in [0.25, 0.3) is 10.2 Å². The third-order valence-electron chi connectivity index (χ3n) is 3.99. The number of thioether (sulfide) groups is 2. The first-order valence-corrected chi connectivity index (χ1v) is 12.0. The highest BCUT2D eigenvalue weighted by atomic mass is 32.2. The van der Waals surface area contributed by atoms with Crippen LogP contribution in [0.1, 0.15) is 37.6 Å². The fraction of sp³-hybridized carbons (Fsp3) is 0.333. The molecule has 1 heterocycles. The summed E-state index contributed by atoms with van der Waals surface area (Å²) in [7, 11) is 0. The molecule has 0 aliphatic carbocycles. The molecular weight excluding hydrogens is 392 g/mol. The van der Waals surface area contributed by atoms with E-state index in [0.29, 0.717) is 10.8 Å². The van der Waals surface area contributed by atoms with E-state index in [-0.39, 0.29) is 5.91 Å². The van der Waals surface area contributed by atoms with Crippen LogP contribution in [0.2, 0.25) is 0 Å². The minimum atomic E-state index is -0.178. The summed E-state index contributed by atoms with van der Waals surface area (Å²) >= 11 is 5.07. The first-order valence-electron chi connectivity index (χ1n) is 9.05. The first kappa shape index (κ1) is 20.2. The van der Waals surface area contributed by atoms with E-state index >= 15 is 0 Å². The maximum Gasteiger partial charge on any atom is 0.279 e. The molecule has 3 nitrogen and oxygen atoms in total. The lowest BCUT2D eigenvalue weighted by molar-refractivity contribution is 0.0997. The Hall–Kier alpha value is -1.50. The highest BCUT2D eigenvalue weighted by Crippen LogP contribution is 2.25. The van der Waals surface area contributed by atoms with Gasteiger partial charge in [0.15, 0.2) is 4.80 Å². The van der Waals surface area contributed by atoms with E-state index in [4.69, 9.17) is 0 Å². The standard InChI is InChI=1S/C21H24N2OS3/c1-5-11-23-18-10-9-16(25-4)13-19(18)27-21(23)22-20(24)15-7-6-8-17(12-15)26-14(2)3/h6-10,12-14H,5,11H2,1-4H3. The van der Waals surface area contributed by atoms with Gasteiger partial charge in [0.05, 0.1) is 10.2 Å². The molecule has 0 unspecified atom stereocenters. The zero-order valence-corrected chi connectivity index (χ0v) is 18.5. The monoisotopic (exact) mass is 416 g/mol. The molecular formula is C21H24N2OS3. The van der Waals surface area contributed by atoms with Crippen molar-refractivity contribution in [3.8, 4) is 0 Å². The third-order valence-corrected chi connectivity index (χ3v) is 6.75. The molecule has 0 saturated carbocycles. The lowest BCUT2D eigenvalue weighted by atomic mass is 10.2. The summed E-state index contributed by atoms with van der Waals surface area (Å²) < 4.78 is 3.33. The Bertz CT molecular complexity index is 1020. The molecule has 0 aliphatic rings. The summed E-state index contributed by atoms with van der Waals surface area (Å²) in [6.45, 7) is 7.30. The smallest absolute Gasteiger partial charge is 0.279 e. The van der Waals surface area contributed by atoms with Crippen LogP contribution in [0.3, 0.4) is 0 Å². The molecule has 1 aromatic heterocycles. The zero-order valence-electron chi connectivity index (χ0n) is 16.1. The average Bonchev–Trinajstić information content (AvgIpc) is 2.98. The summed E-state index contributed by atoms with van der Waals surface area (Å²) in [5, 5.41) is 0.479. The summed E-state index contributed by atoms with van der Waals surface area (Å²) in [4.78, 5) is 20.4. The van der Waals surface area contributed by atoms with Crippen LogP contribution in [0.15, 0.2) is 57.2 Å². The average molecular weight is 417 g/mol. The van der Waals surface area contributed by atoms with Gasteiger partial charge in [0.25, 0.3) is 5.91 Å². The van der Waals surface area contributed by atoms with Gasteiger partial charge in [-0.05, 0) is 49.1 Å². The molecule has 142 valence electrons. The van der Waals surface area contributed by atoms with Crippen molar-refractivity contribution in [1.29, 1.82) is 0 Å². The van der Waals surface area contributed by atoms with Gasteiger partial charge in [-0.3, -0.25) is 4.79 Å². The van der Waals surface area contributed by atoms with Crippen LogP contribution < -0.4 is 4.80 Å².